The minimum atomic E-state index is -4.74. The van der Waals surface area contributed by atoms with Gasteiger partial charge in [0.05, 0.1) is 25.4 Å². The fourth-order valence-electron chi connectivity index (χ4n) is 2.28. The van der Waals surface area contributed by atoms with Gasteiger partial charge in [0.1, 0.15) is 11.4 Å². The second kappa shape index (κ2) is 7.34. The highest BCUT2D eigenvalue weighted by Gasteiger charge is 2.35. The van der Waals surface area contributed by atoms with Gasteiger partial charge in [-0.05, 0) is 24.3 Å². The number of phenolic OH excluding ortho intramolecular Hbond substituents is 1. The number of aromatic hydroxyl groups is 1. The number of rotatable bonds is 3. The Morgan fingerprint density at radius 1 is 1.08 bits per heavy atom. The molecule has 0 unspecified atom stereocenters. The third-order valence-electron chi connectivity index (χ3n) is 3.45. The van der Waals surface area contributed by atoms with Crippen LogP contribution in [0.3, 0.4) is 0 Å². The number of alkyl halides is 3. The van der Waals surface area contributed by atoms with E-state index in [1.807, 2.05) is 0 Å². The third-order valence-corrected chi connectivity index (χ3v) is 3.45. The fourth-order valence-corrected chi connectivity index (χ4v) is 2.28. The summed E-state index contributed by atoms with van der Waals surface area (Å²) in [6, 6.07) is 2.55. The summed E-state index contributed by atoms with van der Waals surface area (Å²) in [5, 5.41) is 9.72. The van der Waals surface area contributed by atoms with Gasteiger partial charge in [-0.25, -0.2) is 9.59 Å². The van der Waals surface area contributed by atoms with E-state index in [2.05, 4.69) is 9.47 Å². The van der Waals surface area contributed by atoms with E-state index in [0.29, 0.717) is 6.07 Å². The topological polar surface area (TPSA) is 76.1 Å². The summed E-state index contributed by atoms with van der Waals surface area (Å²) in [4.78, 5) is 25.3. The van der Waals surface area contributed by atoms with Crippen molar-refractivity contribution in [3.05, 3.63) is 59.5 Å². The molecule has 1 aliphatic rings. The average molecular weight is 369 g/mol. The van der Waals surface area contributed by atoms with Crippen LogP contribution in [0.25, 0.3) is 0 Å². The van der Waals surface area contributed by atoms with Crippen LogP contribution in [0.2, 0.25) is 0 Å². The summed E-state index contributed by atoms with van der Waals surface area (Å²) in [6.07, 6.45) is 0.795. The van der Waals surface area contributed by atoms with Gasteiger partial charge in [-0.15, -0.1) is 0 Å². The molecule has 0 amide bonds. The standard InChI is InChI=1S/C17H14F3NO5/c1-25-15(23)11-5-3-4-8-21(14(11)16(24)26-2)10-6-7-12(13(22)9-10)17(18,19)20/h3-9,22H,1-2H3. The molecule has 0 fully saturated rings. The maximum Gasteiger partial charge on any atom is 0.419 e. The number of anilines is 1. The normalized spacial score (nSPS) is 14.3. The Bertz CT molecular complexity index is 824. The molecule has 0 aliphatic carbocycles. The minimum Gasteiger partial charge on any atom is -0.507 e. The highest BCUT2D eigenvalue weighted by Crippen LogP contribution is 2.38. The Morgan fingerprint density at radius 2 is 1.73 bits per heavy atom. The van der Waals surface area contributed by atoms with Crippen LogP contribution >= 0.6 is 0 Å². The quantitative estimate of drug-likeness (QED) is 0.826. The van der Waals surface area contributed by atoms with Crippen molar-refractivity contribution in [2.45, 2.75) is 6.18 Å². The average Bonchev–Trinajstić information content (AvgIpc) is 2.82. The molecule has 6 nitrogen and oxygen atoms in total. The Hall–Kier alpha value is -3.23. The monoisotopic (exact) mass is 369 g/mol. The highest BCUT2D eigenvalue weighted by molar-refractivity contribution is 6.05. The summed E-state index contributed by atoms with van der Waals surface area (Å²) in [5.74, 6) is -2.78. The van der Waals surface area contributed by atoms with Crippen LogP contribution < -0.4 is 4.90 Å². The molecule has 0 radical (unpaired) electrons. The first-order chi connectivity index (χ1) is 12.2. The third kappa shape index (κ3) is 3.71. The van der Waals surface area contributed by atoms with Gasteiger partial charge in [0.2, 0.25) is 0 Å². The van der Waals surface area contributed by atoms with Crippen LogP contribution in [0.1, 0.15) is 5.56 Å². The van der Waals surface area contributed by atoms with Crippen LogP contribution in [0.15, 0.2) is 53.9 Å². The first-order valence-corrected chi connectivity index (χ1v) is 7.16. The number of allylic oxidation sites excluding steroid dienone is 2. The van der Waals surface area contributed by atoms with Gasteiger partial charge in [0.25, 0.3) is 0 Å². The predicted molar refractivity (Wildman–Crippen MR) is 84.9 cm³/mol. The molecule has 0 spiro atoms. The minimum absolute atomic E-state index is 0.0113. The number of esters is 2. The van der Waals surface area contributed by atoms with E-state index < -0.39 is 29.4 Å². The molecule has 1 aliphatic heterocycles. The van der Waals surface area contributed by atoms with Crippen molar-refractivity contribution >= 4 is 17.6 Å². The van der Waals surface area contributed by atoms with E-state index in [9.17, 15) is 27.9 Å². The van der Waals surface area contributed by atoms with Gasteiger partial charge in [0, 0.05) is 18.0 Å². The Kier molecular flexibility index (Phi) is 5.39. The zero-order chi connectivity index (χ0) is 19.5. The SMILES string of the molecule is COC(=O)C1=C(C(=O)OC)N(c2ccc(C(F)(F)F)c(O)c2)C=CC=C1. The second-order valence-electron chi connectivity index (χ2n) is 5.02. The van der Waals surface area contributed by atoms with Gasteiger partial charge >= 0.3 is 18.1 Å². The maximum atomic E-state index is 12.8. The van der Waals surface area contributed by atoms with Crippen LogP contribution in [0, 0.1) is 0 Å². The predicted octanol–water partition coefficient (Wildman–Crippen LogP) is 2.90. The number of hydrogen-bond acceptors (Lipinski definition) is 6. The number of methoxy groups -OCH3 is 2. The van der Waals surface area contributed by atoms with Crippen molar-refractivity contribution in [2.24, 2.45) is 0 Å². The molecule has 1 aromatic rings. The molecule has 9 heteroatoms. The molecule has 1 aromatic carbocycles. The lowest BCUT2D eigenvalue weighted by molar-refractivity contribution is -0.139. The number of carbonyl (C=O) groups excluding carboxylic acids is 2. The molecular formula is C17H14F3NO5. The van der Waals surface area contributed by atoms with E-state index in [1.54, 1.807) is 0 Å². The van der Waals surface area contributed by atoms with Crippen molar-refractivity contribution in [1.82, 2.24) is 0 Å². The summed E-state index contributed by atoms with van der Waals surface area (Å²) < 4.78 is 47.8. The van der Waals surface area contributed by atoms with Crippen molar-refractivity contribution in [3.63, 3.8) is 0 Å². The summed E-state index contributed by atoms with van der Waals surface area (Å²) >= 11 is 0. The highest BCUT2D eigenvalue weighted by atomic mass is 19.4. The van der Waals surface area contributed by atoms with E-state index in [4.69, 9.17) is 0 Å². The number of carbonyl (C=O) groups is 2. The molecule has 0 aromatic heterocycles. The number of hydrogen-bond donors (Lipinski definition) is 1. The molecule has 1 N–H and O–H groups in total. The van der Waals surface area contributed by atoms with Crippen molar-refractivity contribution in [3.8, 4) is 5.75 Å². The fraction of sp³-hybridized carbons (Fsp3) is 0.176. The number of nitrogens with zero attached hydrogens (tertiary/aromatic N) is 1. The first-order valence-electron chi connectivity index (χ1n) is 7.16. The second-order valence-corrected chi connectivity index (χ2v) is 5.02. The first kappa shape index (κ1) is 19.1. The summed E-state index contributed by atoms with van der Waals surface area (Å²) in [7, 11) is 2.20. The largest absolute Gasteiger partial charge is 0.507 e. The molecule has 26 heavy (non-hydrogen) atoms. The Morgan fingerprint density at radius 3 is 2.27 bits per heavy atom. The van der Waals surface area contributed by atoms with Crippen molar-refractivity contribution < 1.29 is 37.3 Å². The lowest BCUT2D eigenvalue weighted by Crippen LogP contribution is -2.27. The van der Waals surface area contributed by atoms with Crippen LogP contribution in [-0.2, 0) is 25.2 Å². The van der Waals surface area contributed by atoms with E-state index >= 15 is 0 Å². The molecule has 2 rings (SSSR count). The van der Waals surface area contributed by atoms with E-state index in [0.717, 1.165) is 31.3 Å². The zero-order valence-electron chi connectivity index (χ0n) is 13.7. The molecule has 138 valence electrons. The number of ether oxygens (including phenoxy) is 2. The van der Waals surface area contributed by atoms with Gasteiger partial charge in [-0.1, -0.05) is 6.08 Å². The molecule has 1 heterocycles. The Balaban J connectivity index is 2.64. The lowest BCUT2D eigenvalue weighted by Gasteiger charge is -2.23. The molecule has 0 bridgehead atoms. The summed E-state index contributed by atoms with van der Waals surface area (Å²) in [5.41, 5.74) is -1.65. The van der Waals surface area contributed by atoms with Crippen LogP contribution in [0.4, 0.5) is 18.9 Å². The number of halogens is 3. The molecule has 0 saturated carbocycles. The maximum absolute atomic E-state index is 12.8. The van der Waals surface area contributed by atoms with Crippen LogP contribution in [0.5, 0.6) is 5.75 Å². The van der Waals surface area contributed by atoms with Gasteiger partial charge in [-0.3, -0.25) is 0 Å². The number of benzene rings is 1. The van der Waals surface area contributed by atoms with Gasteiger partial charge < -0.3 is 19.5 Å². The zero-order valence-corrected chi connectivity index (χ0v) is 13.7. The van der Waals surface area contributed by atoms with Crippen molar-refractivity contribution in [1.29, 1.82) is 0 Å². The van der Waals surface area contributed by atoms with Gasteiger partial charge in [0.15, 0.2) is 0 Å². The lowest BCUT2D eigenvalue weighted by atomic mass is 10.1. The molecular weight excluding hydrogens is 355 g/mol. The smallest absolute Gasteiger partial charge is 0.419 e. The summed E-state index contributed by atoms with van der Waals surface area (Å²) in [6.45, 7) is 0. The molecule has 0 saturated heterocycles. The van der Waals surface area contributed by atoms with Crippen molar-refractivity contribution in [2.75, 3.05) is 19.1 Å². The van der Waals surface area contributed by atoms with E-state index in [-0.39, 0.29) is 17.0 Å². The number of phenols is 1. The van der Waals surface area contributed by atoms with E-state index in [1.165, 1.54) is 24.4 Å². The van der Waals surface area contributed by atoms with Gasteiger partial charge in [-0.2, -0.15) is 13.2 Å². The Labute approximate surface area is 146 Å². The van der Waals surface area contributed by atoms with Crippen LogP contribution in [-0.4, -0.2) is 31.3 Å². The molecule has 0 atom stereocenters.